The number of aromatic nitrogens is 3. The van der Waals surface area contributed by atoms with Gasteiger partial charge in [0, 0.05) is 26.0 Å². The molecule has 19 heavy (non-hydrogen) atoms. The Labute approximate surface area is 111 Å². The van der Waals surface area contributed by atoms with E-state index < -0.39 is 0 Å². The highest BCUT2D eigenvalue weighted by Crippen LogP contribution is 2.13. The molecule has 0 spiro atoms. The van der Waals surface area contributed by atoms with Crippen LogP contribution in [0.5, 0.6) is 0 Å². The van der Waals surface area contributed by atoms with Crippen LogP contribution in [0.1, 0.15) is 6.92 Å². The van der Waals surface area contributed by atoms with Crippen LogP contribution in [0.15, 0.2) is 24.7 Å². The van der Waals surface area contributed by atoms with Crippen molar-refractivity contribution < 1.29 is 9.53 Å². The number of hydrogen-bond acceptors (Lipinski definition) is 5. The lowest BCUT2D eigenvalue weighted by atomic mass is 10.3. The Morgan fingerprint density at radius 1 is 1.53 bits per heavy atom. The van der Waals surface area contributed by atoms with Gasteiger partial charge >= 0.3 is 0 Å². The molecule has 0 bridgehead atoms. The first kappa shape index (κ1) is 13.3. The molecule has 0 aliphatic carbocycles. The molecule has 0 fully saturated rings. The second-order valence-electron chi connectivity index (χ2n) is 4.09. The van der Waals surface area contributed by atoms with Crippen LogP contribution in [-0.4, -0.2) is 46.8 Å². The molecule has 2 N–H and O–H groups in total. The number of anilines is 1. The van der Waals surface area contributed by atoms with Crippen LogP contribution < -0.4 is 10.6 Å². The first-order chi connectivity index (χ1) is 9.22. The SMILES string of the molecule is COCCNC(=O)C(C)Nc1nccn2nccc12. The third kappa shape index (κ3) is 3.19. The first-order valence-corrected chi connectivity index (χ1v) is 6.04. The van der Waals surface area contributed by atoms with Crippen molar-refractivity contribution in [3.05, 3.63) is 24.7 Å². The zero-order valence-corrected chi connectivity index (χ0v) is 11.0. The van der Waals surface area contributed by atoms with E-state index in [9.17, 15) is 4.79 Å². The largest absolute Gasteiger partial charge is 0.383 e. The summed E-state index contributed by atoms with van der Waals surface area (Å²) in [4.78, 5) is 16.0. The minimum atomic E-state index is -0.384. The van der Waals surface area contributed by atoms with Gasteiger partial charge in [-0.2, -0.15) is 5.10 Å². The van der Waals surface area contributed by atoms with E-state index in [4.69, 9.17) is 4.74 Å². The van der Waals surface area contributed by atoms with Gasteiger partial charge in [-0.25, -0.2) is 9.50 Å². The summed E-state index contributed by atoms with van der Waals surface area (Å²) in [6.45, 7) is 2.77. The lowest BCUT2D eigenvalue weighted by Gasteiger charge is -2.14. The lowest BCUT2D eigenvalue weighted by Crippen LogP contribution is -2.39. The van der Waals surface area contributed by atoms with E-state index in [1.54, 1.807) is 37.1 Å². The van der Waals surface area contributed by atoms with E-state index in [1.807, 2.05) is 6.07 Å². The highest BCUT2D eigenvalue weighted by atomic mass is 16.5. The standard InChI is InChI=1S/C12H17N5O2/c1-9(12(18)14-6-8-19-2)16-11-10-3-4-15-17(10)7-5-13-11/h3-5,7,9H,6,8H2,1-2H3,(H,13,16)(H,14,18). The molecular weight excluding hydrogens is 246 g/mol. The van der Waals surface area contributed by atoms with Crippen LogP contribution in [0.3, 0.4) is 0 Å². The fourth-order valence-corrected chi connectivity index (χ4v) is 1.67. The topological polar surface area (TPSA) is 80.5 Å². The Bertz CT molecular complexity index is 554. The molecule has 0 aromatic carbocycles. The predicted molar refractivity (Wildman–Crippen MR) is 71.0 cm³/mol. The van der Waals surface area contributed by atoms with Gasteiger partial charge in [0.25, 0.3) is 0 Å². The molecule has 1 atom stereocenters. The highest BCUT2D eigenvalue weighted by Gasteiger charge is 2.14. The van der Waals surface area contributed by atoms with Crippen LogP contribution >= 0.6 is 0 Å². The Kier molecular flexibility index (Phi) is 4.30. The maximum Gasteiger partial charge on any atom is 0.242 e. The Morgan fingerprint density at radius 2 is 2.37 bits per heavy atom. The lowest BCUT2D eigenvalue weighted by molar-refractivity contribution is -0.121. The number of methoxy groups -OCH3 is 1. The number of ether oxygens (including phenoxy) is 1. The van der Waals surface area contributed by atoms with Gasteiger partial charge in [-0.05, 0) is 13.0 Å². The summed E-state index contributed by atoms with van der Waals surface area (Å²) in [5.74, 6) is 0.537. The summed E-state index contributed by atoms with van der Waals surface area (Å²) in [6, 6.07) is 1.45. The van der Waals surface area contributed by atoms with Crippen LogP contribution in [0.4, 0.5) is 5.82 Å². The van der Waals surface area contributed by atoms with Crippen molar-refractivity contribution in [2.24, 2.45) is 0 Å². The van der Waals surface area contributed by atoms with Crippen molar-refractivity contribution in [2.75, 3.05) is 25.6 Å². The molecule has 0 aliphatic heterocycles. The summed E-state index contributed by atoms with van der Waals surface area (Å²) in [7, 11) is 1.60. The normalized spacial score (nSPS) is 12.3. The van der Waals surface area contributed by atoms with E-state index >= 15 is 0 Å². The van der Waals surface area contributed by atoms with Crippen LogP contribution in [0, 0.1) is 0 Å². The van der Waals surface area contributed by atoms with E-state index in [2.05, 4.69) is 20.7 Å². The van der Waals surface area contributed by atoms with Gasteiger partial charge in [0.2, 0.25) is 5.91 Å². The number of carbonyl (C=O) groups excluding carboxylic acids is 1. The summed E-state index contributed by atoms with van der Waals surface area (Å²) < 4.78 is 6.58. The smallest absolute Gasteiger partial charge is 0.242 e. The second kappa shape index (κ2) is 6.14. The molecule has 7 heteroatoms. The maximum absolute atomic E-state index is 11.8. The quantitative estimate of drug-likeness (QED) is 0.732. The maximum atomic E-state index is 11.8. The van der Waals surface area contributed by atoms with E-state index in [0.29, 0.717) is 19.0 Å². The van der Waals surface area contributed by atoms with Crippen LogP contribution in [0.25, 0.3) is 5.52 Å². The van der Waals surface area contributed by atoms with Crippen molar-refractivity contribution >= 4 is 17.2 Å². The molecule has 0 saturated carbocycles. The number of nitrogens with zero attached hydrogens (tertiary/aromatic N) is 3. The fraction of sp³-hybridized carbons (Fsp3) is 0.417. The van der Waals surface area contributed by atoms with Crippen molar-refractivity contribution in [2.45, 2.75) is 13.0 Å². The zero-order valence-electron chi connectivity index (χ0n) is 11.0. The number of amides is 1. The summed E-state index contributed by atoms with van der Waals surface area (Å²) in [5.41, 5.74) is 0.832. The molecule has 1 amide bonds. The Balaban J connectivity index is 2.00. The van der Waals surface area contributed by atoms with Gasteiger partial charge in [0.1, 0.15) is 11.6 Å². The van der Waals surface area contributed by atoms with Crippen LogP contribution in [-0.2, 0) is 9.53 Å². The highest BCUT2D eigenvalue weighted by molar-refractivity contribution is 5.85. The van der Waals surface area contributed by atoms with Gasteiger partial charge < -0.3 is 15.4 Å². The fourth-order valence-electron chi connectivity index (χ4n) is 1.67. The third-order valence-electron chi connectivity index (χ3n) is 2.68. The molecule has 1 unspecified atom stereocenters. The zero-order chi connectivity index (χ0) is 13.7. The number of carbonyl (C=O) groups is 1. The van der Waals surface area contributed by atoms with Gasteiger partial charge in [0.15, 0.2) is 5.82 Å². The number of fused-ring (bicyclic) bond motifs is 1. The molecule has 2 rings (SSSR count). The first-order valence-electron chi connectivity index (χ1n) is 6.04. The van der Waals surface area contributed by atoms with Gasteiger partial charge in [-0.15, -0.1) is 0 Å². The Morgan fingerprint density at radius 3 is 3.16 bits per heavy atom. The van der Waals surface area contributed by atoms with Crippen LogP contribution in [0.2, 0.25) is 0 Å². The number of rotatable bonds is 6. The second-order valence-corrected chi connectivity index (χ2v) is 4.09. The molecule has 2 heterocycles. The number of hydrogen-bond donors (Lipinski definition) is 2. The molecule has 7 nitrogen and oxygen atoms in total. The molecule has 0 saturated heterocycles. The van der Waals surface area contributed by atoms with Crippen molar-refractivity contribution in [1.29, 1.82) is 0 Å². The van der Waals surface area contributed by atoms with E-state index in [1.165, 1.54) is 0 Å². The molecule has 0 radical (unpaired) electrons. The van der Waals surface area contributed by atoms with E-state index in [-0.39, 0.29) is 11.9 Å². The molecule has 2 aromatic rings. The predicted octanol–water partition coefficient (Wildman–Crippen LogP) is 0.292. The minimum absolute atomic E-state index is 0.0969. The summed E-state index contributed by atoms with van der Waals surface area (Å²) >= 11 is 0. The van der Waals surface area contributed by atoms with Crippen molar-refractivity contribution in [3.63, 3.8) is 0 Å². The average molecular weight is 263 g/mol. The van der Waals surface area contributed by atoms with Crippen molar-refractivity contribution in [3.8, 4) is 0 Å². The van der Waals surface area contributed by atoms with Crippen molar-refractivity contribution in [1.82, 2.24) is 19.9 Å². The van der Waals surface area contributed by atoms with Gasteiger partial charge in [0.05, 0.1) is 12.8 Å². The summed E-state index contributed by atoms with van der Waals surface area (Å²) in [6.07, 6.45) is 5.08. The average Bonchev–Trinajstić information content (AvgIpc) is 2.88. The molecular formula is C12H17N5O2. The monoisotopic (exact) mass is 263 g/mol. The van der Waals surface area contributed by atoms with Gasteiger partial charge in [-0.1, -0.05) is 0 Å². The minimum Gasteiger partial charge on any atom is -0.383 e. The third-order valence-corrected chi connectivity index (χ3v) is 2.68. The Hall–Kier alpha value is -2.15. The summed E-state index contributed by atoms with van der Waals surface area (Å²) in [5, 5.41) is 9.95. The molecule has 102 valence electrons. The van der Waals surface area contributed by atoms with E-state index in [0.717, 1.165) is 5.52 Å². The number of nitrogens with one attached hydrogen (secondary N) is 2. The molecule has 2 aromatic heterocycles. The molecule has 0 aliphatic rings. The van der Waals surface area contributed by atoms with Gasteiger partial charge in [-0.3, -0.25) is 4.79 Å².